The highest BCUT2D eigenvalue weighted by Crippen LogP contribution is 2.20. The lowest BCUT2D eigenvalue weighted by Crippen LogP contribution is -2.42. The van der Waals surface area contributed by atoms with Crippen molar-refractivity contribution in [2.24, 2.45) is 4.99 Å². The molecule has 1 aliphatic heterocycles. The molecule has 18 heavy (non-hydrogen) atoms. The first-order valence-corrected chi connectivity index (χ1v) is 6.83. The second kappa shape index (κ2) is 6.50. The van der Waals surface area contributed by atoms with Crippen LogP contribution < -0.4 is 10.6 Å². The summed E-state index contributed by atoms with van der Waals surface area (Å²) in [5.74, 6) is 0. The van der Waals surface area contributed by atoms with Crippen molar-refractivity contribution in [1.82, 2.24) is 10.6 Å². The Bertz CT molecular complexity index is 421. The normalized spacial score (nSPS) is 25.1. The Kier molecular flexibility index (Phi) is 4.70. The molecule has 2 aliphatic rings. The van der Waals surface area contributed by atoms with Crippen LogP contribution in [0.4, 0.5) is 0 Å². The Morgan fingerprint density at radius 2 is 2.39 bits per heavy atom. The lowest BCUT2D eigenvalue weighted by molar-refractivity contribution is 0.599. The van der Waals surface area contributed by atoms with Crippen LogP contribution in [0.3, 0.4) is 0 Å². The maximum Gasteiger partial charge on any atom is 0.166 e. The molecule has 0 saturated carbocycles. The molecule has 0 aromatic rings. The molecule has 96 valence electrons. The van der Waals surface area contributed by atoms with Gasteiger partial charge in [0, 0.05) is 18.8 Å². The van der Waals surface area contributed by atoms with Crippen LogP contribution in [0, 0.1) is 0 Å². The van der Waals surface area contributed by atoms with E-state index in [9.17, 15) is 0 Å². The van der Waals surface area contributed by atoms with Gasteiger partial charge in [0.1, 0.15) is 0 Å². The van der Waals surface area contributed by atoms with Crippen molar-refractivity contribution in [3.05, 3.63) is 36.0 Å². The van der Waals surface area contributed by atoms with E-state index in [1.54, 1.807) is 0 Å². The highest BCUT2D eigenvalue weighted by atomic mass is 32.1. The van der Waals surface area contributed by atoms with Gasteiger partial charge in [-0.1, -0.05) is 31.2 Å². The predicted octanol–water partition coefficient (Wildman–Crippen LogP) is 2.12. The van der Waals surface area contributed by atoms with E-state index in [-0.39, 0.29) is 12.1 Å². The zero-order chi connectivity index (χ0) is 12.8. The molecule has 3 nitrogen and oxygen atoms in total. The van der Waals surface area contributed by atoms with Gasteiger partial charge in [-0.3, -0.25) is 4.99 Å². The summed E-state index contributed by atoms with van der Waals surface area (Å²) in [6.07, 6.45) is 14.4. The van der Waals surface area contributed by atoms with Crippen molar-refractivity contribution < 1.29 is 0 Å². The average molecular weight is 261 g/mol. The summed E-state index contributed by atoms with van der Waals surface area (Å²) < 4.78 is 0. The van der Waals surface area contributed by atoms with E-state index in [1.165, 1.54) is 5.57 Å². The number of rotatable bonds is 3. The summed E-state index contributed by atoms with van der Waals surface area (Å²) in [4.78, 5) is 4.51. The largest absolute Gasteiger partial charge is 0.363 e. The van der Waals surface area contributed by atoms with Crippen LogP contribution in [-0.2, 0) is 0 Å². The topological polar surface area (TPSA) is 36.4 Å². The molecule has 0 amide bonds. The van der Waals surface area contributed by atoms with Gasteiger partial charge in [0.25, 0.3) is 0 Å². The Labute approximate surface area is 114 Å². The molecule has 0 spiro atoms. The number of nitrogens with one attached hydrogen (secondary N) is 2. The van der Waals surface area contributed by atoms with Gasteiger partial charge in [-0.25, -0.2) is 0 Å². The second-order valence-corrected chi connectivity index (χ2v) is 4.88. The van der Waals surface area contributed by atoms with Crippen LogP contribution in [0.25, 0.3) is 0 Å². The van der Waals surface area contributed by atoms with Crippen LogP contribution >= 0.6 is 12.2 Å². The minimum absolute atomic E-state index is 0.240. The van der Waals surface area contributed by atoms with E-state index >= 15 is 0 Å². The molecular formula is C14H19N3S. The molecular weight excluding hydrogens is 242 g/mol. The van der Waals surface area contributed by atoms with E-state index < -0.39 is 0 Å². The number of aliphatic imine (C=N–C) groups is 1. The van der Waals surface area contributed by atoms with Crippen LogP contribution in [-0.4, -0.2) is 30.0 Å². The smallest absolute Gasteiger partial charge is 0.166 e. The van der Waals surface area contributed by atoms with Crippen LogP contribution in [0.2, 0.25) is 0 Å². The number of nitrogens with zero attached hydrogens (tertiary/aromatic N) is 1. The van der Waals surface area contributed by atoms with Crippen LogP contribution in [0.15, 0.2) is 40.9 Å². The fraction of sp³-hybridized carbons (Fsp3) is 0.429. The summed E-state index contributed by atoms with van der Waals surface area (Å²) in [6.45, 7) is 3.04. The van der Waals surface area contributed by atoms with Gasteiger partial charge in [0.05, 0.1) is 6.04 Å². The third kappa shape index (κ3) is 3.53. The Balaban J connectivity index is 1.91. The fourth-order valence-corrected chi connectivity index (χ4v) is 2.31. The van der Waals surface area contributed by atoms with Crippen molar-refractivity contribution in [3.63, 3.8) is 0 Å². The molecule has 2 unspecified atom stereocenters. The second-order valence-electron chi connectivity index (χ2n) is 4.47. The summed E-state index contributed by atoms with van der Waals surface area (Å²) in [6, 6.07) is 0.487. The van der Waals surface area contributed by atoms with Gasteiger partial charge >= 0.3 is 0 Å². The zero-order valence-corrected chi connectivity index (χ0v) is 11.4. The van der Waals surface area contributed by atoms with Crippen LogP contribution in [0.1, 0.15) is 19.8 Å². The molecule has 1 aliphatic carbocycles. The Hall–Kier alpha value is -1.42. The molecule has 0 aromatic carbocycles. The van der Waals surface area contributed by atoms with Gasteiger partial charge in [-0.2, -0.15) is 0 Å². The van der Waals surface area contributed by atoms with E-state index in [4.69, 9.17) is 12.2 Å². The van der Waals surface area contributed by atoms with Gasteiger partial charge in [0.15, 0.2) is 5.11 Å². The molecule has 2 atom stereocenters. The Morgan fingerprint density at radius 1 is 1.50 bits per heavy atom. The van der Waals surface area contributed by atoms with E-state index in [0.29, 0.717) is 0 Å². The van der Waals surface area contributed by atoms with Crippen molar-refractivity contribution in [2.45, 2.75) is 31.8 Å². The monoisotopic (exact) mass is 261 g/mol. The van der Waals surface area contributed by atoms with Gasteiger partial charge in [-0.15, -0.1) is 0 Å². The number of hydrogen-bond donors (Lipinski definition) is 2. The molecule has 0 bridgehead atoms. The highest BCUT2D eigenvalue weighted by Gasteiger charge is 2.19. The van der Waals surface area contributed by atoms with Gasteiger partial charge < -0.3 is 10.6 Å². The summed E-state index contributed by atoms with van der Waals surface area (Å²) in [5.41, 5.74) is 1.27. The molecule has 1 heterocycles. The number of hydrogen-bond acceptors (Lipinski definition) is 2. The molecule has 4 heteroatoms. The van der Waals surface area contributed by atoms with Gasteiger partial charge in [0.2, 0.25) is 0 Å². The predicted molar refractivity (Wildman–Crippen MR) is 81.1 cm³/mol. The molecule has 2 rings (SSSR count). The van der Waals surface area contributed by atoms with Crippen molar-refractivity contribution in [1.29, 1.82) is 0 Å². The summed E-state index contributed by atoms with van der Waals surface area (Å²) in [5, 5.41) is 7.25. The Morgan fingerprint density at radius 3 is 3.22 bits per heavy atom. The van der Waals surface area contributed by atoms with Crippen molar-refractivity contribution >= 4 is 23.5 Å². The first kappa shape index (κ1) is 13.0. The minimum Gasteiger partial charge on any atom is -0.363 e. The van der Waals surface area contributed by atoms with E-state index in [2.05, 4.69) is 46.9 Å². The van der Waals surface area contributed by atoms with Crippen molar-refractivity contribution in [2.75, 3.05) is 6.54 Å². The standard InChI is InChI=1S/C14H19N3S/c1-2-8-16-14(18)17-12-7-3-5-11-6-4-9-15-13(11)10-12/h3-7,9,12-13H,2,8,10H2,1H3,(H2,16,17,18). The van der Waals surface area contributed by atoms with Crippen molar-refractivity contribution in [3.8, 4) is 0 Å². The molecule has 0 saturated heterocycles. The maximum absolute atomic E-state index is 5.27. The highest BCUT2D eigenvalue weighted by molar-refractivity contribution is 7.80. The summed E-state index contributed by atoms with van der Waals surface area (Å²) in [7, 11) is 0. The molecule has 0 fully saturated rings. The molecule has 0 aromatic heterocycles. The molecule has 2 N–H and O–H groups in total. The minimum atomic E-state index is 0.240. The first-order valence-electron chi connectivity index (χ1n) is 6.42. The SMILES string of the molecule is CCCNC(=S)NC1C=CC=C2C=CC=NC2C1. The third-order valence-corrected chi connectivity index (χ3v) is 3.25. The average Bonchev–Trinajstić information content (AvgIpc) is 2.57. The van der Waals surface area contributed by atoms with Gasteiger partial charge in [-0.05, 0) is 36.7 Å². The first-order chi connectivity index (χ1) is 8.79. The number of fused-ring (bicyclic) bond motifs is 1. The third-order valence-electron chi connectivity index (χ3n) is 2.99. The summed E-state index contributed by atoms with van der Waals surface area (Å²) >= 11 is 5.27. The lowest BCUT2D eigenvalue weighted by Gasteiger charge is -2.21. The number of dihydropyridines is 1. The number of thiocarbonyl (C=S) groups is 1. The van der Waals surface area contributed by atoms with E-state index in [1.807, 2.05) is 12.3 Å². The van der Waals surface area contributed by atoms with Crippen LogP contribution in [0.5, 0.6) is 0 Å². The fourth-order valence-electron chi connectivity index (χ4n) is 2.05. The maximum atomic E-state index is 5.27. The molecule has 0 radical (unpaired) electrons. The lowest BCUT2D eigenvalue weighted by atomic mass is 10.00. The number of allylic oxidation sites excluding steroid dienone is 3. The van der Waals surface area contributed by atoms with E-state index in [0.717, 1.165) is 24.5 Å². The zero-order valence-electron chi connectivity index (χ0n) is 10.6. The quantitative estimate of drug-likeness (QED) is 0.764.